The fourth-order valence-corrected chi connectivity index (χ4v) is 1.13. The molecule has 0 aliphatic heterocycles. The van der Waals surface area contributed by atoms with Gasteiger partial charge in [-0.05, 0) is 6.42 Å². The summed E-state index contributed by atoms with van der Waals surface area (Å²) in [6.45, 7) is 0.517. The topological polar surface area (TPSA) is 235 Å². The number of hydrogen-bond acceptors (Lipinski definition) is 9. The Hall–Kier alpha value is -1.93. The zero-order valence-electron chi connectivity index (χ0n) is 12.3. The molecule has 14 nitrogen and oxygen atoms in total. The Morgan fingerprint density at radius 3 is 1.83 bits per heavy atom. The second-order valence-corrected chi connectivity index (χ2v) is 3.37. The van der Waals surface area contributed by atoms with Crippen LogP contribution in [0, 0.1) is 30.6 Å². The largest absolute Gasteiger partial charge is 2.00 e. The minimum Gasteiger partial charge on any atom is -0.594 e. The molecule has 0 saturated carbocycles. The van der Waals surface area contributed by atoms with Crippen LogP contribution in [0.15, 0.2) is 0 Å². The molecule has 0 saturated heterocycles. The number of ether oxygens (including phenoxy) is 2. The minimum absolute atomic E-state index is 0. The quantitative estimate of drug-likeness (QED) is 0.110. The van der Waals surface area contributed by atoms with Gasteiger partial charge in [0.05, 0.1) is 16.2 Å². The second kappa shape index (κ2) is 20.1. The zero-order chi connectivity index (χ0) is 18.1. The number of hydrogen-bond donors (Lipinski definition) is 2. The van der Waals surface area contributed by atoms with Gasteiger partial charge >= 0.3 is 17.1 Å². The molecule has 1 radical (unpaired) electrons. The predicted octanol–water partition coefficient (Wildman–Crippen LogP) is -0.201. The number of methoxy groups -OCH3 is 2. The number of guanidine groups is 1. The molecule has 4 N–H and O–H groups in total. The molecule has 0 unspecified atom stereocenters. The Labute approximate surface area is 142 Å². The van der Waals surface area contributed by atoms with Crippen LogP contribution in [0.2, 0.25) is 0 Å². The molecule has 0 aromatic rings. The summed E-state index contributed by atoms with van der Waals surface area (Å²) in [4.78, 5) is 16.5. The molecule has 0 amide bonds. The van der Waals surface area contributed by atoms with Gasteiger partial charge in [-0.3, -0.25) is 0 Å². The van der Waals surface area contributed by atoms with Crippen LogP contribution in [0.4, 0.5) is 0 Å². The van der Waals surface area contributed by atoms with Gasteiger partial charge in [0.15, 0.2) is 6.29 Å². The Balaban J connectivity index is -0.000000167. The molecule has 23 heavy (non-hydrogen) atoms. The van der Waals surface area contributed by atoms with Gasteiger partial charge in [-0.1, -0.05) is 13.0 Å². The first-order chi connectivity index (χ1) is 10.1. The van der Waals surface area contributed by atoms with E-state index in [0.717, 1.165) is 6.42 Å². The molecule has 0 aliphatic rings. The standard InChI is InChI=1S/C8H18N4O2.Cu.2NO3/c1-13-7(14-2)6(9)4-3-5-12-8(10)11;;2*2-1(3)4/h6-7H,3-5,9H2,1-2H3,(H2-2,10,11,12);;;/q-2;+2;2*-1/t6-;;;/m0.../s1. The molecule has 1 atom stereocenters. The Morgan fingerprint density at radius 2 is 1.57 bits per heavy atom. The minimum atomic E-state index is -1.75. The van der Waals surface area contributed by atoms with E-state index < -0.39 is 22.4 Å². The van der Waals surface area contributed by atoms with Gasteiger partial charge in [-0.25, -0.2) is 0 Å². The first-order valence-electron chi connectivity index (χ1n) is 5.54. The summed E-state index contributed by atoms with van der Waals surface area (Å²) in [5.74, 6) is -0.520. The van der Waals surface area contributed by atoms with Gasteiger partial charge in [0.25, 0.3) is 0 Å². The number of rotatable bonds is 7. The predicted molar refractivity (Wildman–Crippen MR) is 76.4 cm³/mol. The van der Waals surface area contributed by atoms with Crippen LogP contribution >= 0.6 is 0 Å². The molecule has 0 aromatic heterocycles. The smallest absolute Gasteiger partial charge is 0.594 e. The van der Waals surface area contributed by atoms with E-state index in [-0.39, 0.29) is 23.1 Å². The van der Waals surface area contributed by atoms with Crippen LogP contribution in [-0.4, -0.2) is 49.2 Å². The van der Waals surface area contributed by atoms with Crippen molar-refractivity contribution in [1.82, 2.24) is 5.32 Å². The summed E-state index contributed by atoms with van der Waals surface area (Å²) in [5, 5.41) is 40.5. The summed E-state index contributed by atoms with van der Waals surface area (Å²) in [6.07, 6.45) is 1.04. The summed E-state index contributed by atoms with van der Waals surface area (Å²) < 4.78 is 9.96. The average molecular weight is 390 g/mol. The normalized spacial score (nSPS) is 9.91. The summed E-state index contributed by atoms with van der Waals surface area (Å²) >= 11 is 0. The Kier molecular flexibility index (Phi) is 25.4. The van der Waals surface area contributed by atoms with E-state index in [9.17, 15) is 0 Å². The van der Waals surface area contributed by atoms with E-state index in [1.54, 1.807) is 0 Å². The van der Waals surface area contributed by atoms with Crippen LogP contribution in [0.25, 0.3) is 11.1 Å². The van der Waals surface area contributed by atoms with Crippen molar-refractivity contribution in [1.29, 1.82) is 0 Å². The second-order valence-electron chi connectivity index (χ2n) is 3.37. The first-order valence-corrected chi connectivity index (χ1v) is 5.54. The van der Waals surface area contributed by atoms with E-state index in [4.69, 9.17) is 57.0 Å². The van der Waals surface area contributed by atoms with Crippen molar-refractivity contribution < 1.29 is 36.7 Å². The van der Waals surface area contributed by atoms with E-state index in [0.29, 0.717) is 13.0 Å². The van der Waals surface area contributed by atoms with Crippen molar-refractivity contribution in [2.45, 2.75) is 25.2 Å². The molecule has 0 aromatic carbocycles. The fourth-order valence-electron chi connectivity index (χ4n) is 1.13. The Morgan fingerprint density at radius 1 is 1.22 bits per heavy atom. The number of nitrogens with zero attached hydrogens (tertiary/aromatic N) is 3. The zero-order valence-corrected chi connectivity index (χ0v) is 13.2. The molecule has 15 heteroatoms. The van der Waals surface area contributed by atoms with Crippen LogP contribution in [0.5, 0.6) is 0 Å². The van der Waals surface area contributed by atoms with Crippen LogP contribution in [-0.2, 0) is 26.5 Å². The summed E-state index contributed by atoms with van der Waals surface area (Å²) in [6, 6.07) is -0.195. The van der Waals surface area contributed by atoms with Crippen LogP contribution in [0.3, 0.4) is 0 Å². The van der Waals surface area contributed by atoms with Gasteiger partial charge in [0, 0.05) is 14.2 Å². The monoisotopic (exact) mass is 389 g/mol. The number of nitrogens with two attached hydrogens (primary N) is 1. The molecule has 0 fully saturated rings. The third-order valence-corrected chi connectivity index (χ3v) is 1.82. The first kappa shape index (κ1) is 29.1. The molecular weight excluding hydrogens is 372 g/mol. The van der Waals surface area contributed by atoms with Gasteiger partial charge in [-0.15, -0.1) is 0 Å². The third kappa shape index (κ3) is 38.4. The van der Waals surface area contributed by atoms with Crippen molar-refractivity contribution in [3.63, 3.8) is 0 Å². The molecular formula is C8H18CuN6O8-2. The Bertz CT molecular complexity index is 299. The summed E-state index contributed by atoms with van der Waals surface area (Å²) in [7, 11) is 3.07. The maximum atomic E-state index is 8.51. The van der Waals surface area contributed by atoms with Gasteiger partial charge in [-0.2, -0.15) is 5.96 Å². The van der Waals surface area contributed by atoms with Crippen molar-refractivity contribution in [3.8, 4) is 0 Å². The third-order valence-electron chi connectivity index (χ3n) is 1.82. The SMILES string of the molecule is COC(OC)[C@@H](N)CCCNC(=[N-])[NH-].O=[N+]([O-])[O-].O=[N+]([O-])[O-].[Cu+2]. The maximum absolute atomic E-state index is 8.51. The molecule has 0 rings (SSSR count). The molecule has 0 heterocycles. The summed E-state index contributed by atoms with van der Waals surface area (Å²) in [5.41, 5.74) is 12.5. The van der Waals surface area contributed by atoms with E-state index >= 15 is 0 Å². The van der Waals surface area contributed by atoms with Crippen molar-refractivity contribution in [2.75, 3.05) is 20.8 Å². The molecule has 0 spiro atoms. The fraction of sp³-hybridized carbons (Fsp3) is 0.875. The van der Waals surface area contributed by atoms with Crippen LogP contribution < -0.4 is 11.1 Å². The van der Waals surface area contributed by atoms with Crippen LogP contribution in [0.1, 0.15) is 12.8 Å². The van der Waals surface area contributed by atoms with E-state index in [2.05, 4.69) is 5.32 Å². The van der Waals surface area contributed by atoms with Gasteiger partial charge < -0.3 is 62.3 Å². The average Bonchev–Trinajstić information content (AvgIpc) is 2.34. The molecule has 141 valence electrons. The van der Waals surface area contributed by atoms with Crippen molar-refractivity contribution in [2.24, 2.45) is 5.73 Å². The van der Waals surface area contributed by atoms with Crippen molar-refractivity contribution >= 4 is 5.96 Å². The van der Waals surface area contributed by atoms with E-state index in [1.807, 2.05) is 0 Å². The van der Waals surface area contributed by atoms with E-state index in [1.165, 1.54) is 14.2 Å². The maximum Gasteiger partial charge on any atom is 2.00 e. The molecule has 0 aliphatic carbocycles. The molecule has 0 bridgehead atoms. The van der Waals surface area contributed by atoms with Gasteiger partial charge in [0.2, 0.25) is 0 Å². The number of nitrogens with one attached hydrogen (secondary N) is 2. The van der Waals surface area contributed by atoms with Gasteiger partial charge in [0.1, 0.15) is 0 Å². The van der Waals surface area contributed by atoms with Crippen molar-refractivity contribution in [3.05, 3.63) is 41.8 Å².